The number of primary amides is 1. The molecule has 0 saturated carbocycles. The fourth-order valence-corrected chi connectivity index (χ4v) is 7.07. The van der Waals surface area contributed by atoms with E-state index in [-0.39, 0.29) is 43.3 Å². The molecule has 0 saturated heterocycles. The van der Waals surface area contributed by atoms with Crippen molar-refractivity contribution in [3.63, 3.8) is 0 Å². The number of phenols is 1. The number of amides is 9. The van der Waals surface area contributed by atoms with Gasteiger partial charge in [0.15, 0.2) is 0 Å². The van der Waals surface area contributed by atoms with Crippen LogP contribution in [0.15, 0.2) is 24.3 Å². The zero-order valence-corrected chi connectivity index (χ0v) is 42.7. The van der Waals surface area contributed by atoms with Crippen LogP contribution in [0.1, 0.15) is 100 Å². The summed E-state index contributed by atoms with van der Waals surface area (Å²) in [4.78, 5) is 132. The summed E-state index contributed by atoms with van der Waals surface area (Å²) >= 11 is 0. The van der Waals surface area contributed by atoms with E-state index in [4.69, 9.17) is 11.5 Å². The predicted octanol–water partition coefficient (Wildman–Crippen LogP) is -3.35. The number of benzene rings is 1. The van der Waals surface area contributed by atoms with Gasteiger partial charge in [0.25, 0.3) is 0 Å². The zero-order chi connectivity index (χ0) is 55.3. The van der Waals surface area contributed by atoms with Crippen molar-refractivity contribution in [3.05, 3.63) is 29.8 Å². The Morgan fingerprint density at radius 3 is 1.26 bits per heavy atom. The van der Waals surface area contributed by atoms with Gasteiger partial charge in [0.05, 0.1) is 24.9 Å². The summed E-state index contributed by atoms with van der Waals surface area (Å²) < 4.78 is 0. The van der Waals surface area contributed by atoms with Crippen molar-refractivity contribution < 1.29 is 73.5 Å². The highest BCUT2D eigenvalue weighted by Gasteiger charge is 2.38. The third-order valence-electron chi connectivity index (χ3n) is 11.1. The Morgan fingerprint density at radius 1 is 0.500 bits per heavy atom. The molecule has 72 heavy (non-hydrogen) atoms. The Balaban J connectivity index is 3.25. The minimum Gasteiger partial charge on any atom is -0.508 e. The van der Waals surface area contributed by atoms with Gasteiger partial charge in [-0.2, -0.15) is 0 Å². The molecule has 0 unspecified atom stereocenters. The minimum atomic E-state index is -1.86. The lowest BCUT2D eigenvalue weighted by Gasteiger charge is -2.30. The van der Waals surface area contributed by atoms with Crippen LogP contribution < -0.4 is 54.0 Å². The molecule has 0 aliphatic rings. The number of rotatable bonds is 31. The van der Waals surface area contributed by atoms with Gasteiger partial charge in [-0.15, -0.1) is 0 Å². The number of nitrogens with one attached hydrogen (secondary N) is 8. The number of aliphatic carboxylic acids is 1. The zero-order valence-electron chi connectivity index (χ0n) is 42.7. The second kappa shape index (κ2) is 30.4. The fourth-order valence-electron chi connectivity index (χ4n) is 7.07. The number of carbonyl (C=O) groups excluding carboxylic acids is 9. The maximum absolute atomic E-state index is 13.8. The Labute approximate surface area is 419 Å². The molecule has 9 amide bonds. The molecule has 11 atom stereocenters. The van der Waals surface area contributed by atoms with Crippen molar-refractivity contribution in [2.24, 2.45) is 35.1 Å². The van der Waals surface area contributed by atoms with Crippen LogP contribution in [0.3, 0.4) is 0 Å². The third kappa shape index (κ3) is 21.9. The molecule has 1 aromatic rings. The van der Waals surface area contributed by atoms with Crippen LogP contribution in [-0.4, -0.2) is 158 Å². The minimum absolute atomic E-state index is 0.0115. The number of hydrogen-bond acceptors (Lipinski definition) is 15. The number of aliphatic hydroxyl groups excluding tert-OH is 3. The van der Waals surface area contributed by atoms with Gasteiger partial charge in [0.2, 0.25) is 53.2 Å². The van der Waals surface area contributed by atoms with Crippen LogP contribution in [-0.2, 0) is 54.4 Å². The normalized spacial score (nSPS) is 16.0. The molecular weight excluding hydrogens is 945 g/mol. The first-order valence-corrected chi connectivity index (χ1v) is 23.8. The first kappa shape index (κ1) is 63.6. The maximum atomic E-state index is 13.8. The number of carboxylic acid groups (broad SMARTS) is 1. The molecule has 1 aromatic carbocycles. The lowest BCUT2D eigenvalue weighted by atomic mass is 9.99. The van der Waals surface area contributed by atoms with E-state index in [0.29, 0.717) is 5.56 Å². The number of aliphatic hydroxyl groups is 3. The molecule has 0 fully saturated rings. The third-order valence-corrected chi connectivity index (χ3v) is 11.1. The summed E-state index contributed by atoms with van der Waals surface area (Å²) in [7, 11) is 0. The first-order valence-electron chi connectivity index (χ1n) is 23.8. The molecule has 0 bridgehead atoms. The van der Waals surface area contributed by atoms with Crippen molar-refractivity contribution in [2.45, 2.75) is 168 Å². The summed E-state index contributed by atoms with van der Waals surface area (Å²) in [6.45, 7) is 14.4. The van der Waals surface area contributed by atoms with Crippen molar-refractivity contribution >= 4 is 59.1 Å². The number of phenolic OH excluding ortho intramolecular Hbond substituents is 1. The molecule has 1 rings (SSSR count). The fraction of sp³-hybridized carbons (Fsp3) is 0.660. The van der Waals surface area contributed by atoms with E-state index in [1.807, 2.05) is 0 Å². The van der Waals surface area contributed by atoms with E-state index < -0.39 is 151 Å². The number of carbonyl (C=O) groups is 10. The second-order valence-electron chi connectivity index (χ2n) is 19.4. The topological polar surface area (TPSA) is 420 Å². The molecule has 25 heteroatoms. The summed E-state index contributed by atoms with van der Waals surface area (Å²) in [5.41, 5.74) is 12.1. The van der Waals surface area contributed by atoms with Gasteiger partial charge in [-0.3, -0.25) is 43.2 Å². The molecule has 0 aromatic heterocycles. The number of nitrogens with two attached hydrogens (primary N) is 2. The Bertz CT molecular complexity index is 2020. The Hall–Kier alpha value is -6.44. The molecule has 0 spiro atoms. The van der Waals surface area contributed by atoms with Crippen molar-refractivity contribution in [1.29, 1.82) is 0 Å². The molecule has 17 N–H and O–H groups in total. The molecule has 0 aliphatic heterocycles. The highest BCUT2D eigenvalue weighted by Crippen LogP contribution is 2.14. The summed E-state index contributed by atoms with van der Waals surface area (Å²) in [5.74, 6) is -11.6. The molecule has 25 nitrogen and oxygen atoms in total. The van der Waals surface area contributed by atoms with Crippen molar-refractivity contribution in [1.82, 2.24) is 42.5 Å². The Morgan fingerprint density at radius 2 is 0.861 bits per heavy atom. The van der Waals surface area contributed by atoms with Crippen molar-refractivity contribution in [3.8, 4) is 5.75 Å². The quantitative estimate of drug-likeness (QED) is 0.0346. The van der Waals surface area contributed by atoms with Crippen LogP contribution in [0.2, 0.25) is 0 Å². The number of carboxylic acids is 1. The smallest absolute Gasteiger partial charge is 0.326 e. The monoisotopic (exact) mass is 1020 g/mol. The number of aromatic hydroxyl groups is 1. The van der Waals surface area contributed by atoms with E-state index in [0.717, 1.165) is 13.8 Å². The van der Waals surface area contributed by atoms with Crippen LogP contribution >= 0.6 is 0 Å². The van der Waals surface area contributed by atoms with Crippen LogP contribution in [0.25, 0.3) is 0 Å². The molecule has 0 radical (unpaired) electrons. The van der Waals surface area contributed by atoms with Gasteiger partial charge in [0.1, 0.15) is 54.1 Å². The summed E-state index contributed by atoms with van der Waals surface area (Å²) in [6.07, 6.45) is -3.89. The van der Waals surface area contributed by atoms with Crippen LogP contribution in [0.4, 0.5) is 0 Å². The van der Waals surface area contributed by atoms with E-state index >= 15 is 0 Å². The average Bonchev–Trinajstić information content (AvgIpc) is 3.27. The highest BCUT2D eigenvalue weighted by atomic mass is 16.4. The van der Waals surface area contributed by atoms with Gasteiger partial charge in [-0.1, -0.05) is 67.5 Å². The maximum Gasteiger partial charge on any atom is 0.326 e. The summed E-state index contributed by atoms with van der Waals surface area (Å²) in [6, 6.07) is -7.44. The van der Waals surface area contributed by atoms with E-state index in [1.54, 1.807) is 53.7 Å². The predicted molar refractivity (Wildman–Crippen MR) is 260 cm³/mol. The first-order chi connectivity index (χ1) is 33.4. The SMILES string of the molecule is CC(C)C[C@H](NC(=O)[C@H](CCC(N)=O)NC(=O)[C@@H](NC(=O)[C@@H](NC(=O)[C@H](CO)NC(=O)[C@@H](NC(=O)[C@H](CC(C)C)NC(=O)[C@@H](N)Cc1ccc(O)cc1)[C@@H](C)O)[C@@H](C)O)C(C)C)C(=O)N[C@H](C(=O)O)C(C)C. The van der Waals surface area contributed by atoms with E-state index in [1.165, 1.54) is 26.0 Å². The highest BCUT2D eigenvalue weighted by molar-refractivity contribution is 5.98. The molecule has 0 aliphatic carbocycles. The average molecular weight is 1020 g/mol. The van der Waals surface area contributed by atoms with Crippen LogP contribution in [0, 0.1) is 23.7 Å². The van der Waals surface area contributed by atoms with Gasteiger partial charge < -0.3 is 79.5 Å². The van der Waals surface area contributed by atoms with Crippen LogP contribution in [0.5, 0.6) is 5.75 Å². The molecule has 406 valence electrons. The molecular formula is C47H78N10O15. The van der Waals surface area contributed by atoms with Gasteiger partial charge in [0, 0.05) is 6.42 Å². The Kier molecular flexibility index (Phi) is 26.9. The van der Waals surface area contributed by atoms with Crippen molar-refractivity contribution in [2.75, 3.05) is 6.61 Å². The summed E-state index contributed by atoms with van der Waals surface area (Å²) in [5, 5.41) is 69.7. The largest absolute Gasteiger partial charge is 0.508 e. The second-order valence-corrected chi connectivity index (χ2v) is 19.4. The van der Waals surface area contributed by atoms with E-state index in [2.05, 4.69) is 42.5 Å². The van der Waals surface area contributed by atoms with Gasteiger partial charge in [-0.05, 0) is 80.9 Å². The number of hydrogen-bond donors (Lipinski definition) is 15. The molecule has 0 heterocycles. The lowest BCUT2D eigenvalue weighted by Crippen LogP contribution is -2.63. The lowest BCUT2D eigenvalue weighted by molar-refractivity contribution is -0.143. The van der Waals surface area contributed by atoms with E-state index in [9.17, 15) is 73.5 Å². The van der Waals surface area contributed by atoms with Gasteiger partial charge >= 0.3 is 5.97 Å². The van der Waals surface area contributed by atoms with Gasteiger partial charge in [-0.25, -0.2) is 4.79 Å². The standard InChI is InChI=1S/C47H78N10O15/c1-21(2)17-31(51-39(63)29(48)19-27-11-13-28(61)14-12-27)42(66)56-37(25(9)59)45(69)53-33(20-58)43(67)57-38(26(10)60)46(70)54-35(23(5)6)44(68)50-30(15-16-34(49)62)40(64)52-32(18-22(3)4)41(65)55-36(24(7)8)47(71)72/h11-14,21-26,29-33,35-38,58-61H,15-20,48H2,1-10H3,(H2,49,62)(H,50,68)(H,51,63)(H,52,64)(H,53,69)(H,54,70)(H,55,65)(H,56,66)(H,57,67)(H,71,72)/t25-,26-,29+,30+,31+,32+,33+,35+,36+,37+,38+/m1/s1.